The van der Waals surface area contributed by atoms with Crippen LogP contribution in [-0.2, 0) is 10.3 Å². The van der Waals surface area contributed by atoms with Crippen molar-refractivity contribution >= 4 is 0 Å². The quantitative estimate of drug-likeness (QED) is 0.868. The van der Waals surface area contributed by atoms with E-state index in [1.807, 2.05) is 0 Å². The first-order valence-corrected chi connectivity index (χ1v) is 7.62. The molecule has 1 spiro atoms. The maximum absolute atomic E-state index is 13.8. The van der Waals surface area contributed by atoms with Crippen molar-refractivity contribution in [1.82, 2.24) is 5.32 Å². The average molecular weight is 301 g/mol. The molecular weight excluding hydrogens is 284 g/mol. The van der Waals surface area contributed by atoms with Crippen LogP contribution < -0.4 is 5.32 Å². The Morgan fingerprint density at radius 2 is 1.64 bits per heavy atom. The van der Waals surface area contributed by atoms with Crippen molar-refractivity contribution in [2.75, 3.05) is 13.1 Å². The molecule has 4 heteroatoms. The van der Waals surface area contributed by atoms with Gasteiger partial charge in [0.15, 0.2) is 0 Å². The zero-order chi connectivity index (χ0) is 15.2. The van der Waals surface area contributed by atoms with Gasteiger partial charge in [-0.05, 0) is 66.9 Å². The second kappa shape index (κ2) is 5.14. The minimum absolute atomic E-state index is 0.236. The van der Waals surface area contributed by atoms with E-state index in [1.54, 1.807) is 24.3 Å². The van der Waals surface area contributed by atoms with Gasteiger partial charge in [0.25, 0.3) is 0 Å². The van der Waals surface area contributed by atoms with Crippen LogP contribution in [0.15, 0.2) is 42.5 Å². The van der Waals surface area contributed by atoms with Crippen molar-refractivity contribution in [2.24, 2.45) is 0 Å². The van der Waals surface area contributed by atoms with E-state index in [-0.39, 0.29) is 17.7 Å². The molecule has 2 heterocycles. The highest BCUT2D eigenvalue weighted by molar-refractivity contribution is 5.44. The van der Waals surface area contributed by atoms with Crippen LogP contribution in [0.2, 0.25) is 0 Å². The third-order valence-electron chi connectivity index (χ3n) is 4.72. The summed E-state index contributed by atoms with van der Waals surface area (Å²) in [7, 11) is 0. The van der Waals surface area contributed by atoms with Crippen molar-refractivity contribution < 1.29 is 13.5 Å². The molecule has 0 aromatic heterocycles. The fraction of sp³-hybridized carbons (Fsp3) is 0.333. The predicted octanol–water partition coefficient (Wildman–Crippen LogP) is 3.66. The third-order valence-corrected chi connectivity index (χ3v) is 4.72. The van der Waals surface area contributed by atoms with E-state index in [0.29, 0.717) is 0 Å². The Bertz CT molecular complexity index is 693. The van der Waals surface area contributed by atoms with Gasteiger partial charge in [0.05, 0.1) is 5.60 Å². The van der Waals surface area contributed by atoms with Gasteiger partial charge in [0.2, 0.25) is 0 Å². The van der Waals surface area contributed by atoms with Crippen LogP contribution in [0.4, 0.5) is 8.78 Å². The van der Waals surface area contributed by atoms with Gasteiger partial charge in [-0.2, -0.15) is 0 Å². The molecule has 1 atom stereocenters. The number of fused-ring (bicyclic) bond motifs is 2. The van der Waals surface area contributed by atoms with Crippen LogP contribution >= 0.6 is 0 Å². The van der Waals surface area contributed by atoms with Crippen molar-refractivity contribution in [2.45, 2.75) is 24.5 Å². The molecule has 1 fully saturated rings. The third kappa shape index (κ3) is 2.14. The molecule has 0 unspecified atom stereocenters. The molecule has 4 rings (SSSR count). The van der Waals surface area contributed by atoms with Gasteiger partial charge in [-0.3, -0.25) is 0 Å². The molecule has 2 aromatic carbocycles. The Labute approximate surface area is 128 Å². The number of benzene rings is 2. The van der Waals surface area contributed by atoms with Gasteiger partial charge in [0, 0.05) is 0 Å². The van der Waals surface area contributed by atoms with E-state index in [0.717, 1.165) is 42.6 Å². The second-order valence-electron chi connectivity index (χ2n) is 6.03. The van der Waals surface area contributed by atoms with Crippen LogP contribution in [0, 0.1) is 11.6 Å². The van der Waals surface area contributed by atoms with E-state index in [2.05, 4.69) is 5.32 Å². The Balaban J connectivity index is 1.81. The van der Waals surface area contributed by atoms with E-state index in [4.69, 9.17) is 4.74 Å². The smallest absolute Gasteiger partial charge is 0.123 e. The maximum Gasteiger partial charge on any atom is 0.123 e. The summed E-state index contributed by atoms with van der Waals surface area (Å²) in [4.78, 5) is 0. The molecule has 1 N–H and O–H groups in total. The molecule has 1 saturated heterocycles. The number of ether oxygens (including phenoxy) is 1. The summed E-state index contributed by atoms with van der Waals surface area (Å²) in [6.45, 7) is 1.71. The molecule has 0 bridgehead atoms. The lowest BCUT2D eigenvalue weighted by molar-refractivity contribution is -0.0799. The molecule has 22 heavy (non-hydrogen) atoms. The molecule has 2 aliphatic heterocycles. The SMILES string of the molecule is Fc1ccc([C@H]2OC3(CCNCC3)c3cc(F)ccc32)cc1. The predicted molar refractivity (Wildman–Crippen MR) is 79.5 cm³/mol. The maximum atomic E-state index is 13.8. The molecule has 2 aromatic rings. The lowest BCUT2D eigenvalue weighted by Crippen LogP contribution is -2.39. The van der Waals surface area contributed by atoms with Crippen molar-refractivity contribution in [1.29, 1.82) is 0 Å². The van der Waals surface area contributed by atoms with Gasteiger partial charge < -0.3 is 10.1 Å². The summed E-state index contributed by atoms with van der Waals surface area (Å²) in [5.41, 5.74) is 2.42. The standard InChI is InChI=1S/C18H17F2NO/c19-13-3-1-12(2-4-13)17-15-6-5-14(20)11-16(15)18(22-17)7-9-21-10-8-18/h1-6,11,17,21H,7-10H2/t17-/m1/s1. The first-order chi connectivity index (χ1) is 10.7. The fourth-order valence-corrected chi connectivity index (χ4v) is 3.61. The molecule has 0 radical (unpaired) electrons. The van der Waals surface area contributed by atoms with E-state index >= 15 is 0 Å². The Morgan fingerprint density at radius 1 is 0.955 bits per heavy atom. The number of hydrogen-bond donors (Lipinski definition) is 1. The van der Waals surface area contributed by atoms with Crippen molar-refractivity contribution in [3.05, 3.63) is 70.8 Å². The largest absolute Gasteiger partial charge is 0.358 e. The summed E-state index contributed by atoms with van der Waals surface area (Å²) in [6, 6.07) is 11.2. The summed E-state index contributed by atoms with van der Waals surface area (Å²) in [5, 5.41) is 3.32. The molecular formula is C18H17F2NO. The average Bonchev–Trinajstić information content (AvgIpc) is 2.83. The van der Waals surface area contributed by atoms with Gasteiger partial charge >= 0.3 is 0 Å². The van der Waals surface area contributed by atoms with Crippen LogP contribution in [0.25, 0.3) is 0 Å². The lowest BCUT2D eigenvalue weighted by Gasteiger charge is -2.34. The number of rotatable bonds is 1. The van der Waals surface area contributed by atoms with Crippen LogP contribution in [0.5, 0.6) is 0 Å². The van der Waals surface area contributed by atoms with Crippen molar-refractivity contribution in [3.8, 4) is 0 Å². The highest BCUT2D eigenvalue weighted by Crippen LogP contribution is 2.50. The molecule has 114 valence electrons. The van der Waals surface area contributed by atoms with E-state index in [9.17, 15) is 8.78 Å². The first kappa shape index (κ1) is 13.9. The highest BCUT2D eigenvalue weighted by Gasteiger charge is 2.46. The lowest BCUT2D eigenvalue weighted by atomic mass is 9.83. The van der Waals surface area contributed by atoms with Crippen molar-refractivity contribution in [3.63, 3.8) is 0 Å². The zero-order valence-corrected chi connectivity index (χ0v) is 12.1. The van der Waals surface area contributed by atoms with Gasteiger partial charge in [0.1, 0.15) is 17.7 Å². The summed E-state index contributed by atoms with van der Waals surface area (Å²) < 4.78 is 33.3. The second-order valence-corrected chi connectivity index (χ2v) is 6.03. The highest BCUT2D eigenvalue weighted by atomic mass is 19.1. The zero-order valence-electron chi connectivity index (χ0n) is 12.1. The molecule has 2 nitrogen and oxygen atoms in total. The topological polar surface area (TPSA) is 21.3 Å². The van der Waals surface area contributed by atoms with Gasteiger partial charge in [-0.1, -0.05) is 18.2 Å². The summed E-state index contributed by atoms with van der Waals surface area (Å²) in [6.07, 6.45) is 1.39. The van der Waals surface area contributed by atoms with E-state index < -0.39 is 5.60 Å². The van der Waals surface area contributed by atoms with Crippen LogP contribution in [0.1, 0.15) is 35.6 Å². The minimum Gasteiger partial charge on any atom is -0.358 e. The normalized spacial score (nSPS) is 22.7. The van der Waals surface area contributed by atoms with Crippen LogP contribution in [0.3, 0.4) is 0 Å². The summed E-state index contributed by atoms with van der Waals surface area (Å²) >= 11 is 0. The van der Waals surface area contributed by atoms with Gasteiger partial charge in [-0.25, -0.2) is 8.78 Å². The first-order valence-electron chi connectivity index (χ1n) is 7.62. The molecule has 0 aliphatic carbocycles. The number of piperidine rings is 1. The number of halogens is 2. The minimum atomic E-state index is -0.429. The van der Waals surface area contributed by atoms with Crippen LogP contribution in [-0.4, -0.2) is 13.1 Å². The molecule has 0 saturated carbocycles. The Hall–Kier alpha value is -1.78. The number of hydrogen-bond acceptors (Lipinski definition) is 2. The Morgan fingerprint density at radius 3 is 2.36 bits per heavy atom. The van der Waals surface area contributed by atoms with E-state index in [1.165, 1.54) is 18.2 Å². The monoisotopic (exact) mass is 301 g/mol. The van der Waals surface area contributed by atoms with Gasteiger partial charge in [-0.15, -0.1) is 0 Å². The molecule has 0 amide bonds. The summed E-state index contributed by atoms with van der Waals surface area (Å²) in [5.74, 6) is -0.502. The number of nitrogens with one attached hydrogen (secondary N) is 1. The molecule has 2 aliphatic rings. The fourth-order valence-electron chi connectivity index (χ4n) is 3.61. The Kier molecular flexibility index (Phi) is 3.24.